The minimum atomic E-state index is -4.62. The summed E-state index contributed by atoms with van der Waals surface area (Å²) in [6.45, 7) is 1.50. The van der Waals surface area contributed by atoms with E-state index in [1.807, 2.05) is 0 Å². The second kappa shape index (κ2) is 6.92. The van der Waals surface area contributed by atoms with Gasteiger partial charge in [-0.3, -0.25) is 4.98 Å². The number of nitrogens with zero attached hydrogens (tertiary/aromatic N) is 4. The number of sulfone groups is 1. The molecular formula is C19H14ClF3N4O2S. The Balaban J connectivity index is 2.08. The van der Waals surface area contributed by atoms with Crippen LogP contribution in [0.4, 0.5) is 13.2 Å². The highest BCUT2D eigenvalue weighted by molar-refractivity contribution is 7.91. The monoisotopic (exact) mass is 454 g/mol. The number of pyridine rings is 2. The minimum Gasteiger partial charge on any atom is -0.326 e. The predicted molar refractivity (Wildman–Crippen MR) is 107 cm³/mol. The first kappa shape index (κ1) is 20.5. The maximum absolute atomic E-state index is 13.0. The molecule has 0 bridgehead atoms. The van der Waals surface area contributed by atoms with Crippen molar-refractivity contribution in [3.05, 3.63) is 47.4 Å². The van der Waals surface area contributed by atoms with E-state index in [1.54, 1.807) is 19.2 Å². The summed E-state index contributed by atoms with van der Waals surface area (Å²) in [6.07, 6.45) is -2.14. The van der Waals surface area contributed by atoms with Crippen molar-refractivity contribution in [2.45, 2.75) is 18.0 Å². The van der Waals surface area contributed by atoms with E-state index in [0.717, 1.165) is 12.3 Å². The Hall–Kier alpha value is -2.72. The third-order valence-electron chi connectivity index (χ3n) is 4.77. The van der Waals surface area contributed by atoms with Gasteiger partial charge in [0.25, 0.3) is 0 Å². The van der Waals surface area contributed by atoms with Gasteiger partial charge in [0.15, 0.2) is 9.84 Å². The highest BCUT2D eigenvalue weighted by Gasteiger charge is 2.33. The minimum absolute atomic E-state index is 0.0140. The Labute approximate surface area is 174 Å². The maximum Gasteiger partial charge on any atom is 0.433 e. The Morgan fingerprint density at radius 3 is 2.50 bits per heavy atom. The first-order valence-corrected chi connectivity index (χ1v) is 10.8. The lowest BCUT2D eigenvalue weighted by Gasteiger charge is -2.13. The number of benzene rings is 1. The molecule has 0 atom stereocenters. The number of fused-ring (bicyclic) bond motifs is 2. The number of alkyl halides is 3. The number of rotatable bonds is 3. The van der Waals surface area contributed by atoms with Crippen molar-refractivity contribution in [3.63, 3.8) is 0 Å². The zero-order chi connectivity index (χ0) is 21.8. The Kier molecular flexibility index (Phi) is 4.74. The average molecular weight is 455 g/mol. The molecule has 0 spiro atoms. The van der Waals surface area contributed by atoms with Crippen LogP contribution < -0.4 is 0 Å². The van der Waals surface area contributed by atoms with Crippen LogP contribution in [0.1, 0.15) is 12.6 Å². The van der Waals surface area contributed by atoms with Crippen LogP contribution in [-0.2, 0) is 23.1 Å². The highest BCUT2D eigenvalue weighted by atomic mass is 35.5. The van der Waals surface area contributed by atoms with Crippen LogP contribution in [0, 0.1) is 0 Å². The van der Waals surface area contributed by atoms with Gasteiger partial charge >= 0.3 is 6.18 Å². The number of halogens is 4. The van der Waals surface area contributed by atoms with Gasteiger partial charge in [0.1, 0.15) is 11.5 Å². The molecule has 4 rings (SSSR count). The molecule has 3 aromatic heterocycles. The molecule has 0 saturated carbocycles. The zero-order valence-corrected chi connectivity index (χ0v) is 17.3. The van der Waals surface area contributed by atoms with E-state index in [9.17, 15) is 21.6 Å². The van der Waals surface area contributed by atoms with Crippen LogP contribution in [0.3, 0.4) is 0 Å². The fourth-order valence-electron chi connectivity index (χ4n) is 3.29. The molecule has 0 aliphatic rings. The van der Waals surface area contributed by atoms with Crippen LogP contribution in [-0.4, -0.2) is 33.7 Å². The van der Waals surface area contributed by atoms with Gasteiger partial charge in [0, 0.05) is 24.2 Å². The van der Waals surface area contributed by atoms with Crippen LogP contribution in [0.5, 0.6) is 0 Å². The molecule has 6 nitrogen and oxygen atoms in total. The van der Waals surface area contributed by atoms with Crippen LogP contribution in [0.15, 0.2) is 41.6 Å². The summed E-state index contributed by atoms with van der Waals surface area (Å²) in [5.74, 6) is 0.00930. The van der Waals surface area contributed by atoms with Crippen molar-refractivity contribution in [2.75, 3.05) is 5.75 Å². The van der Waals surface area contributed by atoms with Gasteiger partial charge in [-0.05, 0) is 24.3 Å². The Morgan fingerprint density at radius 1 is 1.10 bits per heavy atom. The standard InChI is InChI=1S/C19H14ClF3N4O2S/c1-3-30(28,29)17-11(4-5-13-12(17)6-10(20)8-24-13)18-26-14-7-16(19(21,22)23)25-9-15(14)27(18)2/h4-9H,3H2,1-2H3. The summed E-state index contributed by atoms with van der Waals surface area (Å²) >= 11 is 6.04. The lowest BCUT2D eigenvalue weighted by Crippen LogP contribution is -2.08. The lowest BCUT2D eigenvalue weighted by atomic mass is 10.1. The van der Waals surface area contributed by atoms with E-state index < -0.39 is 21.7 Å². The van der Waals surface area contributed by atoms with Gasteiger partial charge in [-0.1, -0.05) is 18.5 Å². The fraction of sp³-hybridized carbons (Fsp3) is 0.211. The summed E-state index contributed by atoms with van der Waals surface area (Å²) < 4.78 is 66.5. The quantitative estimate of drug-likeness (QED) is 0.450. The van der Waals surface area contributed by atoms with Gasteiger partial charge < -0.3 is 4.57 Å². The average Bonchev–Trinajstić information content (AvgIpc) is 3.02. The molecular weight excluding hydrogens is 441 g/mol. The fourth-order valence-corrected chi connectivity index (χ4v) is 4.73. The third kappa shape index (κ3) is 3.29. The van der Waals surface area contributed by atoms with E-state index in [-0.39, 0.29) is 32.6 Å². The molecule has 0 fully saturated rings. The van der Waals surface area contributed by atoms with Crippen molar-refractivity contribution < 1.29 is 21.6 Å². The smallest absolute Gasteiger partial charge is 0.326 e. The van der Waals surface area contributed by atoms with Crippen molar-refractivity contribution in [1.29, 1.82) is 0 Å². The summed E-state index contributed by atoms with van der Waals surface area (Å²) in [6, 6.07) is 5.51. The lowest BCUT2D eigenvalue weighted by molar-refractivity contribution is -0.141. The van der Waals surface area contributed by atoms with Crippen LogP contribution in [0.2, 0.25) is 5.02 Å². The van der Waals surface area contributed by atoms with Crippen molar-refractivity contribution in [3.8, 4) is 11.4 Å². The SMILES string of the molecule is CCS(=O)(=O)c1c(-c2nc3cc(C(F)(F)F)ncc3n2C)ccc2ncc(Cl)cc12. The van der Waals surface area contributed by atoms with Crippen molar-refractivity contribution >= 4 is 43.4 Å². The van der Waals surface area contributed by atoms with Gasteiger partial charge in [0.2, 0.25) is 0 Å². The normalized spacial score (nSPS) is 12.7. The third-order valence-corrected chi connectivity index (χ3v) is 6.80. The zero-order valence-electron chi connectivity index (χ0n) is 15.7. The van der Waals surface area contributed by atoms with E-state index in [4.69, 9.17) is 11.6 Å². The second-order valence-electron chi connectivity index (χ2n) is 6.62. The predicted octanol–water partition coefficient (Wildman–Crippen LogP) is 4.65. The van der Waals surface area contributed by atoms with E-state index >= 15 is 0 Å². The molecule has 0 aliphatic carbocycles. The van der Waals surface area contributed by atoms with Crippen molar-refractivity contribution in [1.82, 2.24) is 19.5 Å². The van der Waals surface area contributed by atoms with Crippen LogP contribution >= 0.6 is 11.6 Å². The van der Waals surface area contributed by atoms with Crippen LogP contribution in [0.25, 0.3) is 33.3 Å². The number of imidazole rings is 1. The summed E-state index contributed by atoms with van der Waals surface area (Å²) in [4.78, 5) is 11.9. The molecule has 0 radical (unpaired) electrons. The Morgan fingerprint density at radius 2 is 1.83 bits per heavy atom. The number of hydrogen-bond acceptors (Lipinski definition) is 5. The molecule has 11 heteroatoms. The Bertz CT molecular complexity index is 1420. The molecule has 0 saturated heterocycles. The van der Waals surface area contributed by atoms with Gasteiger partial charge in [0.05, 0.1) is 38.4 Å². The van der Waals surface area contributed by atoms with E-state index in [0.29, 0.717) is 16.4 Å². The number of aromatic nitrogens is 4. The largest absolute Gasteiger partial charge is 0.433 e. The molecule has 0 amide bonds. The van der Waals surface area contributed by atoms with Gasteiger partial charge in [-0.25, -0.2) is 18.4 Å². The summed E-state index contributed by atoms with van der Waals surface area (Å²) in [5.41, 5.74) is -0.00710. The van der Waals surface area contributed by atoms with E-state index in [2.05, 4.69) is 15.0 Å². The molecule has 0 aliphatic heterocycles. The molecule has 0 N–H and O–H groups in total. The van der Waals surface area contributed by atoms with Gasteiger partial charge in [-0.2, -0.15) is 13.2 Å². The highest BCUT2D eigenvalue weighted by Crippen LogP contribution is 2.36. The first-order valence-electron chi connectivity index (χ1n) is 8.74. The number of hydrogen-bond donors (Lipinski definition) is 0. The molecule has 30 heavy (non-hydrogen) atoms. The first-order chi connectivity index (χ1) is 14.0. The molecule has 1 aromatic carbocycles. The summed E-state index contributed by atoms with van der Waals surface area (Å²) in [5, 5.41) is 0.583. The van der Waals surface area contributed by atoms with Gasteiger partial charge in [-0.15, -0.1) is 0 Å². The summed E-state index contributed by atoms with van der Waals surface area (Å²) in [7, 11) is -2.17. The molecule has 156 valence electrons. The molecule has 3 heterocycles. The molecule has 0 unspecified atom stereocenters. The number of aryl methyl sites for hydroxylation is 1. The van der Waals surface area contributed by atoms with E-state index in [1.165, 1.54) is 23.8 Å². The maximum atomic E-state index is 13.0. The van der Waals surface area contributed by atoms with Crippen molar-refractivity contribution in [2.24, 2.45) is 7.05 Å². The second-order valence-corrected chi connectivity index (χ2v) is 9.27. The molecule has 4 aromatic rings. The topological polar surface area (TPSA) is 77.7 Å².